The fourth-order valence-electron chi connectivity index (χ4n) is 3.16. The minimum absolute atomic E-state index is 0.286. The van der Waals surface area contributed by atoms with E-state index in [-0.39, 0.29) is 6.79 Å². The molecule has 1 aromatic carbocycles. The summed E-state index contributed by atoms with van der Waals surface area (Å²) in [5, 5.41) is 10.3. The maximum absolute atomic E-state index is 10.3. The van der Waals surface area contributed by atoms with Gasteiger partial charge in [-0.2, -0.15) is 0 Å². The second-order valence-electron chi connectivity index (χ2n) is 6.09. The summed E-state index contributed by atoms with van der Waals surface area (Å²) in [5.41, 5.74) is 1.15. The number of ether oxygens (including phenoxy) is 2. The lowest BCUT2D eigenvalue weighted by Gasteiger charge is -2.22. The summed E-state index contributed by atoms with van der Waals surface area (Å²) < 4.78 is 10.8. The van der Waals surface area contributed by atoms with Gasteiger partial charge in [-0.3, -0.25) is 9.88 Å². The van der Waals surface area contributed by atoms with Gasteiger partial charge in [0.15, 0.2) is 11.5 Å². The first-order valence-electron chi connectivity index (χ1n) is 8.08. The van der Waals surface area contributed by atoms with Crippen LogP contribution < -0.4 is 14.4 Å². The Morgan fingerprint density at radius 2 is 2.04 bits per heavy atom. The third-order valence-corrected chi connectivity index (χ3v) is 4.30. The summed E-state index contributed by atoms with van der Waals surface area (Å²) in [7, 11) is 0. The summed E-state index contributed by atoms with van der Waals surface area (Å²) in [6, 6.07) is 6.00. The van der Waals surface area contributed by atoms with Gasteiger partial charge in [-0.1, -0.05) is 6.07 Å². The molecule has 126 valence electrons. The van der Waals surface area contributed by atoms with Crippen LogP contribution in [0.4, 0.5) is 5.82 Å². The quantitative estimate of drug-likeness (QED) is 0.897. The maximum atomic E-state index is 10.3. The molecular weight excluding hydrogens is 308 g/mol. The number of β-amino-alcohol motifs (C(OH)–C–C–N with tert-alkyl or cyclic N) is 1. The molecule has 1 saturated heterocycles. The van der Waals surface area contributed by atoms with Crippen LogP contribution in [0.3, 0.4) is 0 Å². The fraction of sp³-hybridized carbons (Fsp3) is 0.412. The molecular formula is C17H20N4O3. The Morgan fingerprint density at radius 3 is 2.92 bits per heavy atom. The molecule has 2 aromatic rings. The Morgan fingerprint density at radius 1 is 1.12 bits per heavy atom. The van der Waals surface area contributed by atoms with E-state index < -0.39 is 6.10 Å². The Labute approximate surface area is 140 Å². The van der Waals surface area contributed by atoms with Crippen LogP contribution in [0.2, 0.25) is 0 Å². The lowest BCUT2D eigenvalue weighted by Crippen LogP contribution is -2.33. The first-order valence-corrected chi connectivity index (χ1v) is 8.08. The molecule has 3 heterocycles. The van der Waals surface area contributed by atoms with Gasteiger partial charge in [-0.05, 0) is 17.7 Å². The molecule has 0 aliphatic carbocycles. The van der Waals surface area contributed by atoms with Gasteiger partial charge in [-0.15, -0.1) is 0 Å². The standard InChI is InChI=1S/C17H20N4O3/c22-14-10-20(5-6-21(11-14)17-8-18-3-4-19-17)9-13-1-2-15-16(7-13)24-12-23-15/h1-4,7-8,14,22H,5-6,9-12H2/t14-/m1/s1. The van der Waals surface area contributed by atoms with E-state index in [9.17, 15) is 5.11 Å². The van der Waals surface area contributed by atoms with Crippen molar-refractivity contribution in [2.75, 3.05) is 37.9 Å². The molecule has 2 aliphatic rings. The van der Waals surface area contributed by atoms with Crippen molar-refractivity contribution < 1.29 is 14.6 Å². The fourth-order valence-corrected chi connectivity index (χ4v) is 3.16. The van der Waals surface area contributed by atoms with Gasteiger partial charge in [-0.25, -0.2) is 4.98 Å². The Hall–Kier alpha value is -2.38. The van der Waals surface area contributed by atoms with Gasteiger partial charge in [0.2, 0.25) is 6.79 Å². The Bertz CT molecular complexity index is 697. The molecule has 1 fully saturated rings. The molecule has 7 nitrogen and oxygen atoms in total. The van der Waals surface area contributed by atoms with Crippen LogP contribution >= 0.6 is 0 Å². The van der Waals surface area contributed by atoms with E-state index in [1.54, 1.807) is 18.6 Å². The molecule has 1 N–H and O–H groups in total. The molecule has 0 spiro atoms. The van der Waals surface area contributed by atoms with Crippen molar-refractivity contribution in [2.24, 2.45) is 0 Å². The Kier molecular flexibility index (Phi) is 4.18. The zero-order chi connectivity index (χ0) is 16.4. The van der Waals surface area contributed by atoms with Gasteiger partial charge in [0.25, 0.3) is 0 Å². The average Bonchev–Trinajstić information content (AvgIpc) is 2.98. The second-order valence-corrected chi connectivity index (χ2v) is 6.09. The Balaban J connectivity index is 1.43. The molecule has 0 unspecified atom stereocenters. The number of fused-ring (bicyclic) bond motifs is 1. The van der Waals surface area contributed by atoms with Gasteiger partial charge in [0.1, 0.15) is 5.82 Å². The number of aliphatic hydroxyl groups is 1. The highest BCUT2D eigenvalue weighted by Gasteiger charge is 2.23. The number of hydrogen-bond acceptors (Lipinski definition) is 7. The first kappa shape index (κ1) is 15.2. The molecule has 4 rings (SSSR count). The number of benzene rings is 1. The predicted octanol–water partition coefficient (Wildman–Crippen LogP) is 0.888. The van der Waals surface area contributed by atoms with Crippen molar-refractivity contribution in [3.05, 3.63) is 42.4 Å². The third-order valence-electron chi connectivity index (χ3n) is 4.30. The monoisotopic (exact) mass is 328 g/mol. The minimum Gasteiger partial charge on any atom is -0.454 e. The number of aliphatic hydroxyl groups excluding tert-OH is 1. The first-order chi connectivity index (χ1) is 11.8. The molecule has 0 radical (unpaired) electrons. The highest BCUT2D eigenvalue weighted by molar-refractivity contribution is 5.44. The van der Waals surface area contributed by atoms with E-state index >= 15 is 0 Å². The van der Waals surface area contributed by atoms with Crippen LogP contribution in [0.15, 0.2) is 36.8 Å². The summed E-state index contributed by atoms with van der Waals surface area (Å²) in [4.78, 5) is 12.8. The van der Waals surface area contributed by atoms with Gasteiger partial charge in [0.05, 0.1) is 12.3 Å². The number of anilines is 1. The lowest BCUT2D eigenvalue weighted by molar-refractivity contribution is 0.129. The van der Waals surface area contributed by atoms with E-state index in [0.717, 1.165) is 42.5 Å². The number of hydrogen-bond donors (Lipinski definition) is 1. The average molecular weight is 328 g/mol. The highest BCUT2D eigenvalue weighted by atomic mass is 16.7. The van der Waals surface area contributed by atoms with Gasteiger partial charge < -0.3 is 19.5 Å². The molecule has 0 amide bonds. The lowest BCUT2D eigenvalue weighted by atomic mass is 10.2. The zero-order valence-corrected chi connectivity index (χ0v) is 13.3. The normalized spacial score (nSPS) is 20.9. The van der Waals surface area contributed by atoms with E-state index in [1.807, 2.05) is 18.2 Å². The smallest absolute Gasteiger partial charge is 0.231 e. The van der Waals surface area contributed by atoms with Crippen LogP contribution in [0, 0.1) is 0 Å². The van der Waals surface area contributed by atoms with Crippen LogP contribution in [-0.2, 0) is 6.54 Å². The molecule has 0 bridgehead atoms. The number of aromatic nitrogens is 2. The van der Waals surface area contributed by atoms with Crippen LogP contribution in [0.25, 0.3) is 0 Å². The van der Waals surface area contributed by atoms with Crippen molar-refractivity contribution in [1.29, 1.82) is 0 Å². The molecule has 0 saturated carbocycles. The van der Waals surface area contributed by atoms with Crippen molar-refractivity contribution in [3.63, 3.8) is 0 Å². The summed E-state index contributed by atoms with van der Waals surface area (Å²) >= 11 is 0. The topological polar surface area (TPSA) is 71.0 Å². The van der Waals surface area contributed by atoms with Crippen molar-refractivity contribution in [2.45, 2.75) is 12.6 Å². The molecule has 7 heteroatoms. The van der Waals surface area contributed by atoms with Crippen LogP contribution in [0.1, 0.15) is 5.56 Å². The largest absolute Gasteiger partial charge is 0.454 e. The SMILES string of the molecule is O[C@@H]1CN(Cc2ccc3c(c2)OCO3)CCN(c2cnccn2)C1. The van der Waals surface area contributed by atoms with Gasteiger partial charge >= 0.3 is 0 Å². The van der Waals surface area contributed by atoms with E-state index in [2.05, 4.69) is 19.8 Å². The highest BCUT2D eigenvalue weighted by Crippen LogP contribution is 2.32. The van der Waals surface area contributed by atoms with E-state index in [1.165, 1.54) is 0 Å². The second kappa shape index (κ2) is 6.62. The van der Waals surface area contributed by atoms with E-state index in [0.29, 0.717) is 13.1 Å². The molecule has 1 aromatic heterocycles. The minimum atomic E-state index is -0.427. The van der Waals surface area contributed by atoms with E-state index in [4.69, 9.17) is 9.47 Å². The van der Waals surface area contributed by atoms with Crippen LogP contribution in [-0.4, -0.2) is 59.1 Å². The van der Waals surface area contributed by atoms with Crippen molar-refractivity contribution >= 4 is 5.82 Å². The number of nitrogens with zero attached hydrogens (tertiary/aromatic N) is 4. The van der Waals surface area contributed by atoms with Crippen LogP contribution in [0.5, 0.6) is 11.5 Å². The molecule has 24 heavy (non-hydrogen) atoms. The summed E-state index contributed by atoms with van der Waals surface area (Å²) in [6.45, 7) is 3.90. The molecule has 2 aliphatic heterocycles. The molecule has 1 atom stereocenters. The van der Waals surface area contributed by atoms with Gasteiger partial charge in [0, 0.05) is 45.1 Å². The number of rotatable bonds is 3. The zero-order valence-electron chi connectivity index (χ0n) is 13.3. The van der Waals surface area contributed by atoms with Crippen molar-refractivity contribution in [1.82, 2.24) is 14.9 Å². The van der Waals surface area contributed by atoms with Crippen molar-refractivity contribution in [3.8, 4) is 11.5 Å². The maximum Gasteiger partial charge on any atom is 0.231 e. The summed E-state index contributed by atoms with van der Waals surface area (Å²) in [5.74, 6) is 2.40. The predicted molar refractivity (Wildman–Crippen MR) is 88.1 cm³/mol. The summed E-state index contributed by atoms with van der Waals surface area (Å²) in [6.07, 6.45) is 4.64. The third kappa shape index (κ3) is 3.27.